The van der Waals surface area contributed by atoms with Crippen molar-refractivity contribution in [3.63, 3.8) is 0 Å². The van der Waals surface area contributed by atoms with Gasteiger partial charge in [-0.05, 0) is 0 Å². The summed E-state index contributed by atoms with van der Waals surface area (Å²) in [6.07, 6.45) is 0. The Morgan fingerprint density at radius 1 is 0.850 bits per heavy atom. The Bertz CT molecular complexity index is 530. The van der Waals surface area contributed by atoms with Crippen molar-refractivity contribution in [2.45, 2.75) is 3.79 Å². The van der Waals surface area contributed by atoms with E-state index in [0.29, 0.717) is 0 Å². The molecule has 0 spiro atoms. The van der Waals surface area contributed by atoms with Gasteiger partial charge in [0, 0.05) is 0 Å². The molecule has 0 fully saturated rings. The van der Waals surface area contributed by atoms with Crippen LogP contribution in [0.15, 0.2) is 60.7 Å². The number of hydrogen-bond acceptors (Lipinski definition) is 2. The standard InChI is InChI=1S/2C6H5.C2HCl3O2.Sn/c2*1-2-4-6-5-3-1;3-2(4,5)1(6)7;/h2*1-5H;(H,6,7);/q;;;+1/p-1. The van der Waals surface area contributed by atoms with Crippen molar-refractivity contribution in [3.05, 3.63) is 60.7 Å². The summed E-state index contributed by atoms with van der Waals surface area (Å²) >= 11 is 13.9. The summed E-state index contributed by atoms with van der Waals surface area (Å²) < 4.78 is 5.51. The summed E-state index contributed by atoms with van der Waals surface area (Å²) in [4.78, 5) is 11.9. The second kappa shape index (κ2) is 7.03. The molecule has 0 heterocycles. The molecule has 2 aromatic carbocycles. The van der Waals surface area contributed by atoms with Crippen molar-refractivity contribution in [1.29, 1.82) is 0 Å². The first kappa shape index (κ1) is 16.0. The second-order valence-corrected chi connectivity index (χ2v) is 12.0. The van der Waals surface area contributed by atoms with E-state index in [4.69, 9.17) is 37.9 Å². The van der Waals surface area contributed by atoms with Gasteiger partial charge in [0.1, 0.15) is 0 Å². The molecular weight excluding hydrogens is 425 g/mol. The minimum atomic E-state index is -2.88. The fourth-order valence-corrected chi connectivity index (χ4v) is 7.70. The predicted octanol–water partition coefficient (Wildman–Crippen LogP) is 2.71. The number of halogens is 3. The molecule has 0 saturated carbocycles. The predicted molar refractivity (Wildman–Crippen MR) is 84.3 cm³/mol. The van der Waals surface area contributed by atoms with Crippen molar-refractivity contribution >= 4 is 68.1 Å². The number of benzene rings is 2. The van der Waals surface area contributed by atoms with Gasteiger partial charge in [-0.2, -0.15) is 0 Å². The molecule has 0 unspecified atom stereocenters. The summed E-state index contributed by atoms with van der Waals surface area (Å²) in [6, 6.07) is 19.2. The Hall–Kier alpha value is -0.421. The summed E-state index contributed by atoms with van der Waals surface area (Å²) in [6.45, 7) is 0. The Morgan fingerprint density at radius 3 is 1.60 bits per heavy atom. The van der Waals surface area contributed by atoms with Crippen molar-refractivity contribution in [3.8, 4) is 0 Å². The van der Waals surface area contributed by atoms with Crippen LogP contribution < -0.4 is 7.16 Å². The minimum absolute atomic E-state index is 0.815. The van der Waals surface area contributed by atoms with Crippen LogP contribution in [0.25, 0.3) is 0 Å². The molecule has 0 aliphatic rings. The first-order chi connectivity index (χ1) is 9.48. The van der Waals surface area contributed by atoms with Gasteiger partial charge in [0.05, 0.1) is 0 Å². The number of hydrogen-bond donors (Lipinski definition) is 0. The van der Waals surface area contributed by atoms with Gasteiger partial charge in [0.2, 0.25) is 0 Å². The van der Waals surface area contributed by atoms with E-state index < -0.39 is 29.9 Å². The van der Waals surface area contributed by atoms with E-state index in [1.165, 1.54) is 0 Å². The van der Waals surface area contributed by atoms with Gasteiger partial charge in [-0.1, -0.05) is 0 Å². The molecule has 2 nitrogen and oxygen atoms in total. The Morgan fingerprint density at radius 2 is 1.25 bits per heavy atom. The van der Waals surface area contributed by atoms with Crippen LogP contribution >= 0.6 is 34.8 Å². The van der Waals surface area contributed by atoms with Crippen LogP contribution in [0, 0.1) is 0 Å². The molecule has 0 bridgehead atoms. The molecule has 0 N–H and O–H groups in total. The number of alkyl halides is 3. The molecule has 2 aromatic rings. The van der Waals surface area contributed by atoms with Crippen molar-refractivity contribution < 1.29 is 7.87 Å². The quantitative estimate of drug-likeness (QED) is 0.548. The van der Waals surface area contributed by atoms with Crippen LogP contribution in [0.2, 0.25) is 0 Å². The number of carbonyl (C=O) groups is 1. The molecule has 0 amide bonds. The molecule has 6 heteroatoms. The van der Waals surface area contributed by atoms with Crippen LogP contribution in [-0.2, 0) is 7.87 Å². The molecule has 0 aliphatic carbocycles. The van der Waals surface area contributed by atoms with Crippen LogP contribution in [-0.4, -0.2) is 29.9 Å². The van der Waals surface area contributed by atoms with Gasteiger partial charge in [0.25, 0.3) is 0 Å². The number of rotatable bonds is 3. The maximum atomic E-state index is 11.9. The molecule has 1 radical (unpaired) electrons. The average Bonchev–Trinajstić information content (AvgIpc) is 2.45. The van der Waals surface area contributed by atoms with Crippen molar-refractivity contribution in [1.82, 2.24) is 0 Å². The van der Waals surface area contributed by atoms with Crippen molar-refractivity contribution in [2.75, 3.05) is 0 Å². The topological polar surface area (TPSA) is 26.3 Å². The maximum absolute atomic E-state index is 11.9. The van der Waals surface area contributed by atoms with Gasteiger partial charge < -0.3 is 0 Å². The number of carbonyl (C=O) groups excluding carboxylic acids is 1. The second-order valence-electron chi connectivity index (χ2n) is 3.95. The van der Waals surface area contributed by atoms with Crippen LogP contribution in [0.3, 0.4) is 0 Å². The van der Waals surface area contributed by atoms with E-state index in [0.717, 1.165) is 7.16 Å². The van der Waals surface area contributed by atoms with E-state index >= 15 is 0 Å². The van der Waals surface area contributed by atoms with Crippen LogP contribution in [0.4, 0.5) is 0 Å². The SMILES string of the molecule is O=C([O][Sn]([c]1ccccc1)[c]1ccccc1)C(Cl)(Cl)Cl. The van der Waals surface area contributed by atoms with Gasteiger partial charge in [0.15, 0.2) is 0 Å². The molecule has 20 heavy (non-hydrogen) atoms. The normalized spacial score (nSPS) is 11.4. The third-order valence-corrected chi connectivity index (χ3v) is 8.97. The van der Waals surface area contributed by atoms with Gasteiger partial charge in [-0.25, -0.2) is 0 Å². The Labute approximate surface area is 139 Å². The third kappa shape index (κ3) is 4.29. The van der Waals surface area contributed by atoms with E-state index in [9.17, 15) is 4.79 Å². The zero-order chi connectivity index (χ0) is 14.6. The summed E-state index contributed by atoms with van der Waals surface area (Å²) in [7, 11) is 0. The van der Waals surface area contributed by atoms with Gasteiger partial charge in [-0.3, -0.25) is 0 Å². The fourth-order valence-electron chi connectivity index (χ4n) is 1.61. The zero-order valence-corrected chi connectivity index (χ0v) is 15.3. The third-order valence-electron chi connectivity index (χ3n) is 2.50. The molecule has 0 atom stereocenters. The molecule has 0 aromatic heterocycles. The first-order valence-corrected chi connectivity index (χ1v) is 10.9. The van der Waals surface area contributed by atoms with Gasteiger partial charge in [-0.15, -0.1) is 0 Å². The fraction of sp³-hybridized carbons (Fsp3) is 0.0714. The molecular formula is C14H10Cl3O2Sn. The average molecular weight is 435 g/mol. The van der Waals surface area contributed by atoms with E-state index in [2.05, 4.69) is 0 Å². The van der Waals surface area contributed by atoms with E-state index in [1.807, 2.05) is 60.7 Å². The summed E-state index contributed by atoms with van der Waals surface area (Å²) in [5, 5.41) is 0. The van der Waals surface area contributed by atoms with Crippen LogP contribution in [0.1, 0.15) is 0 Å². The summed E-state index contributed by atoms with van der Waals surface area (Å²) in [5.74, 6) is -0.815. The van der Waals surface area contributed by atoms with E-state index in [-0.39, 0.29) is 0 Å². The molecule has 0 aliphatic heterocycles. The van der Waals surface area contributed by atoms with E-state index in [1.54, 1.807) is 0 Å². The molecule has 103 valence electrons. The van der Waals surface area contributed by atoms with Crippen molar-refractivity contribution in [2.24, 2.45) is 0 Å². The first-order valence-electron chi connectivity index (χ1n) is 5.75. The van der Waals surface area contributed by atoms with Crippen LogP contribution in [0.5, 0.6) is 0 Å². The zero-order valence-electron chi connectivity index (χ0n) is 10.2. The Balaban J connectivity index is 2.34. The molecule has 0 saturated heterocycles. The van der Waals surface area contributed by atoms with Gasteiger partial charge >= 0.3 is 140 Å². The monoisotopic (exact) mass is 435 g/mol. The molecule has 2 rings (SSSR count). The summed E-state index contributed by atoms with van der Waals surface area (Å²) in [5.41, 5.74) is 0. The Kier molecular flexibility index (Phi) is 5.61.